The summed E-state index contributed by atoms with van der Waals surface area (Å²) in [5.41, 5.74) is -0.0672. The summed E-state index contributed by atoms with van der Waals surface area (Å²) in [6.07, 6.45) is 3.26. The van der Waals surface area contributed by atoms with Gasteiger partial charge in [0.1, 0.15) is 17.2 Å². The van der Waals surface area contributed by atoms with Crippen LogP contribution in [0.4, 0.5) is 4.39 Å². The van der Waals surface area contributed by atoms with Crippen molar-refractivity contribution in [1.29, 1.82) is 0 Å². The molecule has 0 aromatic heterocycles. The van der Waals surface area contributed by atoms with Gasteiger partial charge in [-0.2, -0.15) is 0 Å². The van der Waals surface area contributed by atoms with Gasteiger partial charge in [0.15, 0.2) is 21.3 Å². The number of carbonyl (C=O) groups is 1. The fourth-order valence-electron chi connectivity index (χ4n) is 4.77. The first-order valence-corrected chi connectivity index (χ1v) is 13.4. The van der Waals surface area contributed by atoms with Gasteiger partial charge in [0.25, 0.3) is 0 Å². The molecule has 0 atom stereocenters. The van der Waals surface area contributed by atoms with E-state index in [0.717, 1.165) is 17.7 Å². The molecule has 36 heavy (non-hydrogen) atoms. The number of halogens is 1. The maximum absolute atomic E-state index is 13.9. The van der Waals surface area contributed by atoms with Crippen molar-refractivity contribution in [3.63, 3.8) is 0 Å². The first kappa shape index (κ1) is 24.1. The highest BCUT2D eigenvalue weighted by molar-refractivity contribution is 7.97. The zero-order valence-corrected chi connectivity index (χ0v) is 20.8. The lowest BCUT2D eigenvalue weighted by Crippen LogP contribution is -2.32. The molecular weight excluding hydrogens is 471 g/mol. The molecule has 1 fully saturated rings. The van der Waals surface area contributed by atoms with E-state index in [1.807, 2.05) is 60.7 Å². The quantitative estimate of drug-likeness (QED) is 0.188. The van der Waals surface area contributed by atoms with Gasteiger partial charge in [0, 0.05) is 6.07 Å². The molecule has 5 heteroatoms. The van der Waals surface area contributed by atoms with E-state index in [4.69, 9.17) is 9.47 Å². The Morgan fingerprint density at radius 2 is 1.36 bits per heavy atom. The van der Waals surface area contributed by atoms with E-state index in [-0.39, 0.29) is 23.3 Å². The predicted molar refractivity (Wildman–Crippen MR) is 140 cm³/mol. The normalized spacial score (nSPS) is 14.5. The highest BCUT2D eigenvalue weighted by Crippen LogP contribution is 2.42. The van der Waals surface area contributed by atoms with Crippen LogP contribution in [0.15, 0.2) is 124 Å². The van der Waals surface area contributed by atoms with Crippen molar-refractivity contribution in [2.24, 2.45) is 0 Å². The second kappa shape index (κ2) is 11.0. The van der Waals surface area contributed by atoms with Crippen LogP contribution in [0.25, 0.3) is 0 Å². The van der Waals surface area contributed by atoms with E-state index in [1.165, 1.54) is 21.9 Å². The van der Waals surface area contributed by atoms with Crippen LogP contribution in [-0.4, -0.2) is 12.6 Å². The van der Waals surface area contributed by atoms with E-state index in [1.54, 1.807) is 6.07 Å². The number of hydrogen-bond acceptors (Lipinski definition) is 3. The summed E-state index contributed by atoms with van der Waals surface area (Å²) >= 11 is 0. The molecular formula is C31H28FO3S+. The molecule has 1 aliphatic carbocycles. The Morgan fingerprint density at radius 3 is 2.00 bits per heavy atom. The van der Waals surface area contributed by atoms with E-state index in [9.17, 15) is 9.18 Å². The van der Waals surface area contributed by atoms with E-state index in [0.29, 0.717) is 24.2 Å². The van der Waals surface area contributed by atoms with Crippen molar-refractivity contribution in [3.05, 3.63) is 121 Å². The molecule has 4 aromatic rings. The lowest BCUT2D eigenvalue weighted by molar-refractivity contribution is -0.163. The number of benzene rings is 4. The predicted octanol–water partition coefficient (Wildman–Crippen LogP) is 7.31. The Labute approximate surface area is 214 Å². The molecule has 0 saturated heterocycles. The Balaban J connectivity index is 1.32. The zero-order chi connectivity index (χ0) is 24.8. The molecule has 0 radical (unpaired) electrons. The van der Waals surface area contributed by atoms with Gasteiger partial charge < -0.3 is 9.47 Å². The van der Waals surface area contributed by atoms with Crippen LogP contribution in [0.1, 0.15) is 31.2 Å². The second-order valence-electron chi connectivity index (χ2n) is 8.88. The van der Waals surface area contributed by atoms with Crippen LogP contribution in [0, 0.1) is 5.82 Å². The van der Waals surface area contributed by atoms with Crippen molar-refractivity contribution < 1.29 is 18.7 Å². The van der Waals surface area contributed by atoms with Crippen molar-refractivity contribution in [3.8, 4) is 5.75 Å². The molecule has 4 aromatic carbocycles. The molecule has 1 aliphatic rings. The minimum atomic E-state index is -0.780. The average Bonchev–Trinajstić information content (AvgIpc) is 3.39. The summed E-state index contributed by atoms with van der Waals surface area (Å²) < 4.78 is 25.7. The Kier molecular flexibility index (Phi) is 7.38. The minimum absolute atomic E-state index is 0.203. The van der Waals surface area contributed by atoms with Gasteiger partial charge in [0.2, 0.25) is 0 Å². The Morgan fingerprint density at radius 1 is 0.750 bits per heavy atom. The molecule has 182 valence electrons. The SMILES string of the molecule is O=C(COc1cccc([S+](c2ccccc2)c2ccccc2)c1)OC1(c2cccc(F)c2)CCCC1. The molecule has 0 amide bonds. The van der Waals surface area contributed by atoms with Crippen LogP contribution < -0.4 is 4.74 Å². The fraction of sp³-hybridized carbons (Fsp3) is 0.194. The maximum Gasteiger partial charge on any atom is 0.345 e. The topological polar surface area (TPSA) is 35.5 Å². The van der Waals surface area contributed by atoms with Crippen LogP contribution in [-0.2, 0) is 26.0 Å². The first-order valence-electron chi connectivity index (χ1n) is 12.2. The van der Waals surface area contributed by atoms with Crippen molar-refractivity contribution in [2.45, 2.75) is 46.0 Å². The van der Waals surface area contributed by atoms with E-state index in [2.05, 4.69) is 30.3 Å². The van der Waals surface area contributed by atoms with Crippen LogP contribution in [0.2, 0.25) is 0 Å². The van der Waals surface area contributed by atoms with Gasteiger partial charge in [-0.15, -0.1) is 0 Å². The van der Waals surface area contributed by atoms with Crippen molar-refractivity contribution >= 4 is 16.9 Å². The third-order valence-electron chi connectivity index (χ3n) is 6.43. The summed E-state index contributed by atoms with van der Waals surface area (Å²) in [5.74, 6) is -0.160. The van der Waals surface area contributed by atoms with Gasteiger partial charge in [-0.3, -0.25) is 0 Å². The maximum atomic E-state index is 13.9. The molecule has 3 nitrogen and oxygen atoms in total. The lowest BCUT2D eigenvalue weighted by Gasteiger charge is -2.29. The molecule has 0 N–H and O–H groups in total. The first-order chi connectivity index (χ1) is 17.6. The minimum Gasteiger partial charge on any atom is -0.482 e. The summed E-state index contributed by atoms with van der Waals surface area (Å²) in [5, 5.41) is 0. The number of hydrogen-bond donors (Lipinski definition) is 0. The van der Waals surface area contributed by atoms with E-state index >= 15 is 0 Å². The van der Waals surface area contributed by atoms with Gasteiger partial charge in [-0.25, -0.2) is 9.18 Å². The van der Waals surface area contributed by atoms with Gasteiger partial charge in [-0.05, 0) is 79.8 Å². The Hall–Kier alpha value is -3.57. The number of ether oxygens (including phenoxy) is 2. The second-order valence-corrected chi connectivity index (χ2v) is 10.9. The standard InChI is InChI=1S/C31H28FO3S/c32-25-12-9-11-24(21-25)31(19-7-8-20-31)35-30(33)23-34-26-13-10-18-29(22-26)36(27-14-3-1-4-15-27)28-16-5-2-6-17-28/h1-6,9-18,21-22H,7-8,19-20,23H2/q+1. The highest BCUT2D eigenvalue weighted by atomic mass is 32.2. The molecule has 0 heterocycles. The van der Waals surface area contributed by atoms with Crippen LogP contribution in [0.3, 0.4) is 0 Å². The summed E-state index contributed by atoms with van der Waals surface area (Å²) in [4.78, 5) is 16.4. The molecule has 0 spiro atoms. The van der Waals surface area contributed by atoms with Crippen molar-refractivity contribution in [2.75, 3.05) is 6.61 Å². The fourth-order valence-corrected chi connectivity index (χ4v) is 6.89. The van der Waals surface area contributed by atoms with E-state index < -0.39 is 11.6 Å². The Bertz CT molecular complexity index is 1260. The molecule has 0 unspecified atom stereocenters. The third kappa shape index (κ3) is 5.47. The van der Waals surface area contributed by atoms with Gasteiger partial charge >= 0.3 is 5.97 Å². The summed E-state index contributed by atoms with van der Waals surface area (Å²) in [7, 11) is -0.309. The molecule has 1 saturated carbocycles. The summed E-state index contributed by atoms with van der Waals surface area (Å²) in [6.45, 7) is -0.203. The van der Waals surface area contributed by atoms with Crippen molar-refractivity contribution in [1.82, 2.24) is 0 Å². The van der Waals surface area contributed by atoms with Gasteiger partial charge in [0.05, 0.1) is 10.9 Å². The average molecular weight is 500 g/mol. The third-order valence-corrected chi connectivity index (χ3v) is 8.64. The number of esters is 1. The monoisotopic (exact) mass is 499 g/mol. The zero-order valence-electron chi connectivity index (χ0n) is 19.9. The number of carbonyl (C=O) groups excluding carboxylic acids is 1. The molecule has 5 rings (SSSR count). The summed E-state index contributed by atoms with van der Waals surface area (Å²) in [6, 6.07) is 35.0. The largest absolute Gasteiger partial charge is 0.482 e. The molecule has 0 aliphatic heterocycles. The van der Waals surface area contributed by atoms with Crippen LogP contribution >= 0.6 is 0 Å². The molecule has 0 bridgehead atoms. The lowest BCUT2D eigenvalue weighted by atomic mass is 9.92. The van der Waals surface area contributed by atoms with Gasteiger partial charge in [-0.1, -0.05) is 54.6 Å². The van der Waals surface area contributed by atoms with Crippen LogP contribution in [0.5, 0.6) is 5.75 Å². The smallest absolute Gasteiger partial charge is 0.345 e. The number of rotatable bonds is 8. The highest BCUT2D eigenvalue weighted by Gasteiger charge is 2.40.